The van der Waals surface area contributed by atoms with Crippen molar-refractivity contribution in [3.8, 4) is 17.2 Å². The molecule has 0 aliphatic carbocycles. The number of hydrogen-bond donors (Lipinski definition) is 1. The lowest BCUT2D eigenvalue weighted by Gasteiger charge is -2.09. The Morgan fingerprint density at radius 1 is 1.10 bits per heavy atom. The SMILES string of the molecule is CCOc1ccc(NCc2cccc3c2OCO3)cc1. The summed E-state index contributed by atoms with van der Waals surface area (Å²) in [6.45, 7) is 3.65. The fourth-order valence-corrected chi connectivity index (χ4v) is 2.16. The topological polar surface area (TPSA) is 39.7 Å². The fourth-order valence-electron chi connectivity index (χ4n) is 2.16. The molecule has 2 aromatic carbocycles. The molecule has 0 spiro atoms. The standard InChI is InChI=1S/C16H17NO3/c1-2-18-14-8-6-13(7-9-14)17-10-12-4-3-5-15-16(12)20-11-19-15/h3-9,17H,2,10-11H2,1H3. The molecular weight excluding hydrogens is 254 g/mol. The first-order valence-corrected chi connectivity index (χ1v) is 6.71. The smallest absolute Gasteiger partial charge is 0.231 e. The van der Waals surface area contributed by atoms with E-state index in [2.05, 4.69) is 5.32 Å². The molecule has 0 fully saturated rings. The fraction of sp³-hybridized carbons (Fsp3) is 0.250. The normalized spacial score (nSPS) is 12.2. The summed E-state index contributed by atoms with van der Waals surface area (Å²) in [6.07, 6.45) is 0. The summed E-state index contributed by atoms with van der Waals surface area (Å²) in [5.74, 6) is 2.54. The maximum Gasteiger partial charge on any atom is 0.231 e. The molecule has 0 atom stereocenters. The molecule has 4 heteroatoms. The van der Waals surface area contributed by atoms with Crippen molar-refractivity contribution < 1.29 is 14.2 Å². The summed E-state index contributed by atoms with van der Waals surface area (Å²) in [5, 5.41) is 3.37. The van der Waals surface area contributed by atoms with Crippen molar-refractivity contribution in [2.24, 2.45) is 0 Å². The Morgan fingerprint density at radius 3 is 2.75 bits per heavy atom. The average Bonchev–Trinajstić information content (AvgIpc) is 2.96. The van der Waals surface area contributed by atoms with Crippen molar-refractivity contribution in [1.29, 1.82) is 0 Å². The molecule has 0 bridgehead atoms. The zero-order valence-corrected chi connectivity index (χ0v) is 11.4. The van der Waals surface area contributed by atoms with Crippen molar-refractivity contribution in [3.05, 3.63) is 48.0 Å². The van der Waals surface area contributed by atoms with Crippen LogP contribution >= 0.6 is 0 Å². The van der Waals surface area contributed by atoms with Crippen LogP contribution in [0.2, 0.25) is 0 Å². The van der Waals surface area contributed by atoms with E-state index in [0.29, 0.717) is 19.9 Å². The Morgan fingerprint density at radius 2 is 1.95 bits per heavy atom. The van der Waals surface area contributed by atoms with Gasteiger partial charge in [-0.3, -0.25) is 0 Å². The lowest BCUT2D eigenvalue weighted by molar-refractivity contribution is 0.173. The molecule has 2 aromatic rings. The van der Waals surface area contributed by atoms with Gasteiger partial charge in [-0.05, 0) is 37.3 Å². The highest BCUT2D eigenvalue weighted by Gasteiger charge is 2.16. The third kappa shape index (κ3) is 2.64. The predicted octanol–water partition coefficient (Wildman–Crippen LogP) is 3.43. The van der Waals surface area contributed by atoms with Crippen LogP contribution in [-0.2, 0) is 6.54 Å². The highest BCUT2D eigenvalue weighted by atomic mass is 16.7. The number of nitrogens with one attached hydrogen (secondary N) is 1. The number of fused-ring (bicyclic) bond motifs is 1. The van der Waals surface area contributed by atoms with E-state index in [-0.39, 0.29) is 0 Å². The highest BCUT2D eigenvalue weighted by Crippen LogP contribution is 2.35. The molecule has 0 saturated carbocycles. The Hall–Kier alpha value is -2.36. The van der Waals surface area contributed by atoms with E-state index in [9.17, 15) is 0 Å². The van der Waals surface area contributed by atoms with Crippen molar-refractivity contribution in [2.75, 3.05) is 18.7 Å². The molecule has 20 heavy (non-hydrogen) atoms. The van der Waals surface area contributed by atoms with Gasteiger partial charge in [0.15, 0.2) is 11.5 Å². The predicted molar refractivity (Wildman–Crippen MR) is 77.5 cm³/mol. The molecule has 1 heterocycles. The first-order chi connectivity index (χ1) is 9.86. The van der Waals surface area contributed by atoms with Gasteiger partial charge in [-0.15, -0.1) is 0 Å². The van der Waals surface area contributed by atoms with Gasteiger partial charge in [0.2, 0.25) is 6.79 Å². The molecule has 4 nitrogen and oxygen atoms in total. The quantitative estimate of drug-likeness (QED) is 0.904. The van der Waals surface area contributed by atoms with E-state index in [0.717, 1.165) is 28.5 Å². The highest BCUT2D eigenvalue weighted by molar-refractivity contribution is 5.51. The van der Waals surface area contributed by atoms with Gasteiger partial charge in [-0.25, -0.2) is 0 Å². The largest absolute Gasteiger partial charge is 0.494 e. The molecule has 0 unspecified atom stereocenters. The van der Waals surface area contributed by atoms with E-state index in [1.807, 2.05) is 49.4 Å². The second kappa shape index (κ2) is 5.74. The maximum atomic E-state index is 5.49. The lowest BCUT2D eigenvalue weighted by atomic mass is 10.2. The first kappa shape index (κ1) is 12.7. The molecule has 1 aliphatic heterocycles. The first-order valence-electron chi connectivity index (χ1n) is 6.71. The molecule has 0 radical (unpaired) electrons. The van der Waals surface area contributed by atoms with Crippen LogP contribution in [0.15, 0.2) is 42.5 Å². The van der Waals surface area contributed by atoms with E-state index >= 15 is 0 Å². The van der Waals surface area contributed by atoms with E-state index in [1.165, 1.54) is 0 Å². The van der Waals surface area contributed by atoms with Crippen molar-refractivity contribution in [3.63, 3.8) is 0 Å². The van der Waals surface area contributed by atoms with Crippen LogP contribution in [-0.4, -0.2) is 13.4 Å². The van der Waals surface area contributed by atoms with Crippen LogP contribution in [0.3, 0.4) is 0 Å². The number of anilines is 1. The number of hydrogen-bond acceptors (Lipinski definition) is 4. The average molecular weight is 271 g/mol. The van der Waals surface area contributed by atoms with Gasteiger partial charge < -0.3 is 19.5 Å². The van der Waals surface area contributed by atoms with Gasteiger partial charge in [0.25, 0.3) is 0 Å². The molecule has 1 aliphatic rings. The number of para-hydroxylation sites is 1. The molecule has 0 saturated heterocycles. The van der Waals surface area contributed by atoms with E-state index in [4.69, 9.17) is 14.2 Å². The second-order valence-electron chi connectivity index (χ2n) is 4.46. The summed E-state index contributed by atoms with van der Waals surface area (Å²) in [5.41, 5.74) is 2.14. The Bertz CT molecular complexity index is 581. The van der Waals surface area contributed by atoms with Crippen LogP contribution in [0.4, 0.5) is 5.69 Å². The van der Waals surface area contributed by atoms with Crippen LogP contribution in [0, 0.1) is 0 Å². The third-order valence-corrected chi connectivity index (χ3v) is 3.13. The molecule has 3 rings (SSSR count). The summed E-state index contributed by atoms with van der Waals surface area (Å²) in [6, 6.07) is 13.9. The van der Waals surface area contributed by atoms with Gasteiger partial charge in [-0.2, -0.15) is 0 Å². The summed E-state index contributed by atoms with van der Waals surface area (Å²) < 4.78 is 16.3. The maximum absolute atomic E-state index is 5.49. The molecule has 0 amide bonds. The van der Waals surface area contributed by atoms with Crippen LogP contribution < -0.4 is 19.5 Å². The molecule has 1 N–H and O–H groups in total. The lowest BCUT2D eigenvalue weighted by Crippen LogP contribution is -2.01. The third-order valence-electron chi connectivity index (χ3n) is 3.13. The van der Waals surface area contributed by atoms with Gasteiger partial charge in [0.05, 0.1) is 6.61 Å². The summed E-state index contributed by atoms with van der Waals surface area (Å²) in [7, 11) is 0. The van der Waals surface area contributed by atoms with Gasteiger partial charge in [0, 0.05) is 17.8 Å². The Balaban J connectivity index is 1.66. The molecular formula is C16H17NO3. The monoisotopic (exact) mass is 271 g/mol. The summed E-state index contributed by atoms with van der Waals surface area (Å²) in [4.78, 5) is 0. The van der Waals surface area contributed by atoms with Gasteiger partial charge in [-0.1, -0.05) is 12.1 Å². The summed E-state index contributed by atoms with van der Waals surface area (Å²) >= 11 is 0. The van der Waals surface area contributed by atoms with Gasteiger partial charge in [0.1, 0.15) is 5.75 Å². The molecule has 104 valence electrons. The Kier molecular flexibility index (Phi) is 3.63. The number of rotatable bonds is 5. The molecule has 0 aromatic heterocycles. The zero-order chi connectivity index (χ0) is 13.8. The van der Waals surface area contributed by atoms with E-state index in [1.54, 1.807) is 0 Å². The van der Waals surface area contributed by atoms with Gasteiger partial charge >= 0.3 is 0 Å². The minimum absolute atomic E-state index is 0.301. The Labute approximate surface area is 118 Å². The minimum Gasteiger partial charge on any atom is -0.494 e. The van der Waals surface area contributed by atoms with Crippen LogP contribution in [0.1, 0.15) is 12.5 Å². The number of benzene rings is 2. The van der Waals surface area contributed by atoms with E-state index < -0.39 is 0 Å². The van der Waals surface area contributed by atoms with Crippen LogP contribution in [0.5, 0.6) is 17.2 Å². The minimum atomic E-state index is 0.301. The number of ether oxygens (including phenoxy) is 3. The second-order valence-corrected chi connectivity index (χ2v) is 4.46. The van der Waals surface area contributed by atoms with Crippen molar-refractivity contribution >= 4 is 5.69 Å². The van der Waals surface area contributed by atoms with Crippen LogP contribution in [0.25, 0.3) is 0 Å². The zero-order valence-electron chi connectivity index (χ0n) is 11.4. The van der Waals surface area contributed by atoms with Crippen molar-refractivity contribution in [1.82, 2.24) is 0 Å². The van der Waals surface area contributed by atoms with Crippen molar-refractivity contribution in [2.45, 2.75) is 13.5 Å².